The molecule has 0 unspecified atom stereocenters. The van der Waals surface area contributed by atoms with E-state index in [1.165, 1.54) is 0 Å². The smallest absolute Gasteiger partial charge is 0.239 e. The number of nitrogens with two attached hydrogens (primary N) is 1. The molecule has 0 saturated heterocycles. The van der Waals surface area contributed by atoms with Crippen LogP contribution in [0.15, 0.2) is 94.5 Å². The van der Waals surface area contributed by atoms with Gasteiger partial charge in [-0.3, -0.25) is 9.79 Å². The number of aliphatic imine (C=N–C) groups is 1. The quantitative estimate of drug-likeness (QED) is 0.0701. The average molecular weight is 621 g/mol. The number of nitrogens with zero attached hydrogens (tertiary/aromatic N) is 3. The van der Waals surface area contributed by atoms with Gasteiger partial charge in [-0.15, -0.1) is 0 Å². The van der Waals surface area contributed by atoms with Crippen LogP contribution < -0.4 is 31.7 Å². The second-order valence-corrected chi connectivity index (χ2v) is 10.9. The van der Waals surface area contributed by atoms with Gasteiger partial charge in [-0.25, -0.2) is 0 Å². The number of allylic oxidation sites excluding steroid dienone is 1. The van der Waals surface area contributed by atoms with E-state index in [1.54, 1.807) is 19.2 Å². The first-order chi connectivity index (χ1) is 20.9. The molecule has 1 amide bonds. The van der Waals surface area contributed by atoms with Crippen LogP contribution in [0.1, 0.15) is 45.2 Å². The monoisotopic (exact) mass is 620 g/mol. The minimum atomic E-state index is -0.436. The average Bonchev–Trinajstić information content (AvgIpc) is 2.98. The summed E-state index contributed by atoms with van der Waals surface area (Å²) in [5.74, 6) is 0.520. The number of ether oxygens (including phenoxy) is 1. The molecule has 6 N–H and O–H groups in total. The Balaban J connectivity index is 2.25. The van der Waals surface area contributed by atoms with E-state index in [2.05, 4.69) is 51.2 Å². The van der Waals surface area contributed by atoms with E-state index in [1.807, 2.05) is 58.0 Å². The number of nitrogens with one attached hydrogen (secondary N) is 4. The third-order valence-corrected chi connectivity index (χ3v) is 6.42. The van der Waals surface area contributed by atoms with Crippen molar-refractivity contribution in [3.8, 4) is 5.75 Å². The van der Waals surface area contributed by atoms with Crippen LogP contribution in [-0.2, 0) is 4.79 Å². The largest absolute Gasteiger partial charge is 0.497 e. The summed E-state index contributed by atoms with van der Waals surface area (Å²) in [6, 6.07) is 12.4. The zero-order valence-corrected chi connectivity index (χ0v) is 27.1. The second kappa shape index (κ2) is 18.2. The number of benzene rings is 2. The van der Waals surface area contributed by atoms with E-state index in [4.69, 9.17) is 27.1 Å². The molecule has 236 valence electrons. The highest BCUT2D eigenvalue weighted by Crippen LogP contribution is 2.25. The van der Waals surface area contributed by atoms with Crippen LogP contribution in [0.3, 0.4) is 0 Å². The zero-order chi connectivity index (χ0) is 32.6. The van der Waals surface area contributed by atoms with Crippen molar-refractivity contribution >= 4 is 40.3 Å². The van der Waals surface area contributed by atoms with E-state index in [0.29, 0.717) is 70.9 Å². The third-order valence-electron chi connectivity index (χ3n) is 6.17. The number of amides is 1. The van der Waals surface area contributed by atoms with Crippen molar-refractivity contribution in [2.45, 2.75) is 40.2 Å². The molecule has 0 aliphatic rings. The fraction of sp³-hybridized carbons (Fsp3) is 0.333. The molecule has 11 heteroatoms. The maximum Gasteiger partial charge on any atom is 0.239 e. The Morgan fingerprint density at radius 1 is 0.909 bits per heavy atom. The minimum Gasteiger partial charge on any atom is -0.497 e. The van der Waals surface area contributed by atoms with Gasteiger partial charge in [0.1, 0.15) is 5.75 Å². The Labute approximate surface area is 266 Å². The highest BCUT2D eigenvalue weighted by Gasteiger charge is 2.19. The van der Waals surface area contributed by atoms with Crippen LogP contribution in [-0.4, -0.2) is 62.4 Å². The summed E-state index contributed by atoms with van der Waals surface area (Å²) in [6.45, 7) is 21.1. The highest BCUT2D eigenvalue weighted by molar-refractivity contribution is 6.30. The molecule has 0 spiro atoms. The van der Waals surface area contributed by atoms with Gasteiger partial charge < -0.3 is 31.7 Å². The summed E-state index contributed by atoms with van der Waals surface area (Å²) in [4.78, 5) is 17.3. The molecular weight excluding hydrogens is 576 g/mol. The first-order valence-corrected chi connectivity index (χ1v) is 14.6. The molecule has 2 rings (SSSR count). The summed E-state index contributed by atoms with van der Waals surface area (Å²) >= 11 is 6.20. The molecule has 0 bridgehead atoms. The lowest BCUT2D eigenvalue weighted by molar-refractivity contribution is -0.120. The van der Waals surface area contributed by atoms with Gasteiger partial charge in [0.05, 0.1) is 37.7 Å². The van der Waals surface area contributed by atoms with E-state index in [-0.39, 0.29) is 12.5 Å². The molecule has 0 heterocycles. The molecule has 0 fully saturated rings. The molecule has 0 aliphatic carbocycles. The lowest BCUT2D eigenvalue weighted by atomic mass is 9.98. The number of carbonyl (C=O) groups is 1. The first-order valence-electron chi connectivity index (χ1n) is 14.2. The molecular formula is C33H45ClN8O2. The number of halogens is 1. The number of hydrogen-bond acceptors (Lipinski definition) is 9. The number of nitrogen functional groups attached to an aromatic ring is 1. The summed E-state index contributed by atoms with van der Waals surface area (Å²) < 4.78 is 5.48. The van der Waals surface area contributed by atoms with Crippen LogP contribution in [0.4, 0.5) is 5.69 Å². The molecule has 1 atom stereocenters. The molecule has 0 aliphatic heterocycles. The molecule has 10 nitrogen and oxygen atoms in total. The zero-order valence-electron chi connectivity index (χ0n) is 26.4. The molecule has 0 saturated carbocycles. The maximum atomic E-state index is 12.1. The van der Waals surface area contributed by atoms with Crippen molar-refractivity contribution in [1.29, 1.82) is 0 Å². The normalized spacial score (nSPS) is 12.0. The number of methoxy groups -OCH3 is 1. The van der Waals surface area contributed by atoms with Gasteiger partial charge in [0, 0.05) is 64.2 Å². The molecule has 2 aromatic rings. The second-order valence-electron chi connectivity index (χ2n) is 10.4. The van der Waals surface area contributed by atoms with E-state index >= 15 is 0 Å². The maximum absolute atomic E-state index is 12.1. The van der Waals surface area contributed by atoms with Crippen molar-refractivity contribution < 1.29 is 9.53 Å². The standard InChI is InChI=1S/C33H45ClN8O2/c1-21(2)36-15-16-37-32(43)20-39-24(6)19-38-23(5)17-31(25(7)42-41-22(3)4)40-33(26-9-11-27(34)12-10-26)29-18-28(44-8)13-14-30(29)35/h9-14,18,31,36,38-39H,1,5-6,15-17,19-20,35H2,2-4,7-8H3,(H,37,43)/b40-33?,42-25+/t31-/m0/s1. The third kappa shape index (κ3) is 12.7. The Hall–Kier alpha value is -4.57. The Morgan fingerprint density at radius 3 is 2.20 bits per heavy atom. The van der Waals surface area contributed by atoms with Crippen molar-refractivity contribution in [2.24, 2.45) is 15.2 Å². The lowest BCUT2D eigenvalue weighted by Crippen LogP contribution is -2.38. The number of hydrogen-bond donors (Lipinski definition) is 5. The van der Waals surface area contributed by atoms with Crippen LogP contribution >= 0.6 is 11.6 Å². The predicted octanol–water partition coefficient (Wildman–Crippen LogP) is 4.83. The van der Waals surface area contributed by atoms with Crippen LogP contribution in [0.25, 0.3) is 0 Å². The number of rotatable bonds is 18. The minimum absolute atomic E-state index is 0.111. The Morgan fingerprint density at radius 2 is 1.57 bits per heavy atom. The molecule has 0 aromatic heterocycles. The Kier molecular flexibility index (Phi) is 14.7. The van der Waals surface area contributed by atoms with Crippen LogP contribution in [0, 0.1) is 0 Å². The van der Waals surface area contributed by atoms with Gasteiger partial charge in [-0.1, -0.05) is 43.5 Å². The van der Waals surface area contributed by atoms with Crippen molar-refractivity contribution in [1.82, 2.24) is 21.3 Å². The fourth-order valence-corrected chi connectivity index (χ4v) is 3.93. The lowest BCUT2D eigenvalue weighted by Gasteiger charge is -2.19. The van der Waals surface area contributed by atoms with Crippen LogP contribution in [0.5, 0.6) is 5.75 Å². The summed E-state index contributed by atoms with van der Waals surface area (Å²) in [7, 11) is 1.60. The van der Waals surface area contributed by atoms with Crippen molar-refractivity contribution in [3.63, 3.8) is 0 Å². The van der Waals surface area contributed by atoms with Gasteiger partial charge in [-0.2, -0.15) is 10.2 Å². The van der Waals surface area contributed by atoms with Gasteiger partial charge in [-0.05, 0) is 58.0 Å². The van der Waals surface area contributed by atoms with Gasteiger partial charge >= 0.3 is 0 Å². The molecule has 0 radical (unpaired) electrons. The predicted molar refractivity (Wildman–Crippen MR) is 185 cm³/mol. The van der Waals surface area contributed by atoms with Gasteiger partial charge in [0.25, 0.3) is 0 Å². The summed E-state index contributed by atoms with van der Waals surface area (Å²) in [6.07, 6.45) is 0.415. The summed E-state index contributed by atoms with van der Waals surface area (Å²) in [5, 5.41) is 21.5. The van der Waals surface area contributed by atoms with Crippen molar-refractivity contribution in [3.05, 3.63) is 95.4 Å². The van der Waals surface area contributed by atoms with Crippen molar-refractivity contribution in [2.75, 3.05) is 39.0 Å². The van der Waals surface area contributed by atoms with Gasteiger partial charge in [0.2, 0.25) is 5.91 Å². The fourth-order valence-electron chi connectivity index (χ4n) is 3.81. The molecule has 44 heavy (non-hydrogen) atoms. The number of anilines is 1. The highest BCUT2D eigenvalue weighted by atomic mass is 35.5. The first kappa shape index (κ1) is 35.6. The SMILES string of the molecule is C=C(C)NCCNC(=O)CNC(=C)CNC(=C)C[C@H](N=C(c1ccc(Cl)cc1)c1cc(OC)ccc1N)/C(C)=N/N=C(C)C. The van der Waals surface area contributed by atoms with E-state index < -0.39 is 6.04 Å². The Bertz CT molecular complexity index is 1410. The van der Waals surface area contributed by atoms with E-state index in [9.17, 15) is 4.79 Å². The van der Waals surface area contributed by atoms with Gasteiger partial charge in [0.15, 0.2) is 0 Å². The number of carbonyl (C=O) groups excluding carboxylic acids is 1. The topological polar surface area (TPSA) is 138 Å². The molecule has 2 aromatic carbocycles. The van der Waals surface area contributed by atoms with Crippen LogP contribution in [0.2, 0.25) is 5.02 Å². The van der Waals surface area contributed by atoms with E-state index in [0.717, 1.165) is 17.0 Å². The summed E-state index contributed by atoms with van der Waals surface area (Å²) in [5.41, 5.74) is 12.9.